The molecule has 1 heterocycles. The highest BCUT2D eigenvalue weighted by Crippen LogP contribution is 2.42. The Morgan fingerprint density at radius 3 is 2.15 bits per heavy atom. The maximum Gasteiger partial charge on any atom is 0.331 e. The zero-order chi connectivity index (χ0) is 19.0. The molecule has 0 aromatic heterocycles. The van der Waals surface area contributed by atoms with Crippen molar-refractivity contribution >= 4 is 15.8 Å². The molecule has 0 spiro atoms. The van der Waals surface area contributed by atoms with E-state index < -0.39 is 27.0 Å². The fourth-order valence-electron chi connectivity index (χ4n) is 3.49. The summed E-state index contributed by atoms with van der Waals surface area (Å²) in [6.07, 6.45) is 0. The Morgan fingerprint density at radius 2 is 1.44 bits per heavy atom. The van der Waals surface area contributed by atoms with Gasteiger partial charge in [-0.2, -0.15) is 0 Å². The summed E-state index contributed by atoms with van der Waals surface area (Å²) in [5.41, 5.74) is 2.41. The molecule has 0 saturated carbocycles. The minimum atomic E-state index is -3.94. The quantitative estimate of drug-likeness (QED) is 0.512. The Labute approximate surface area is 158 Å². The average Bonchev–Trinajstić information content (AvgIpc) is 2.67. The van der Waals surface area contributed by atoms with Gasteiger partial charge >= 0.3 is 5.97 Å². The lowest BCUT2D eigenvalue weighted by Crippen LogP contribution is -2.42. The molecule has 4 nitrogen and oxygen atoms in total. The van der Waals surface area contributed by atoms with Gasteiger partial charge in [0.05, 0.1) is 4.90 Å². The van der Waals surface area contributed by atoms with E-state index in [4.69, 9.17) is 4.74 Å². The number of hydrogen-bond donors (Lipinski definition) is 0. The molecule has 1 aliphatic heterocycles. The van der Waals surface area contributed by atoms with Crippen molar-refractivity contribution < 1.29 is 17.9 Å². The molecular formula is C22H18O4S. The molecule has 2 atom stereocenters. The largest absolute Gasteiger partial charge is 0.425 e. The number of benzene rings is 3. The first-order valence-electron chi connectivity index (χ1n) is 8.64. The zero-order valence-electron chi connectivity index (χ0n) is 14.7. The van der Waals surface area contributed by atoms with Crippen LogP contribution in [0.2, 0.25) is 0 Å². The first-order valence-corrected chi connectivity index (χ1v) is 10.2. The molecule has 4 rings (SSSR count). The minimum absolute atomic E-state index is 0.121. The van der Waals surface area contributed by atoms with Crippen LogP contribution < -0.4 is 4.74 Å². The van der Waals surface area contributed by atoms with Gasteiger partial charge in [0.25, 0.3) is 0 Å². The van der Waals surface area contributed by atoms with Gasteiger partial charge in [-0.3, -0.25) is 4.79 Å². The van der Waals surface area contributed by atoms with Gasteiger partial charge in [-0.05, 0) is 30.7 Å². The van der Waals surface area contributed by atoms with E-state index in [-0.39, 0.29) is 4.90 Å². The SMILES string of the molecule is Cc1ccc(S(=O)(=O)C2C(=O)Oc3ccccc3C2c2ccccc2)cc1. The Bertz CT molecular complexity index is 1090. The summed E-state index contributed by atoms with van der Waals surface area (Å²) in [4.78, 5) is 12.9. The van der Waals surface area contributed by atoms with E-state index in [1.165, 1.54) is 0 Å². The van der Waals surface area contributed by atoms with Crippen LogP contribution in [0.3, 0.4) is 0 Å². The average molecular weight is 378 g/mol. The van der Waals surface area contributed by atoms with Crippen LogP contribution in [0.1, 0.15) is 22.6 Å². The first-order chi connectivity index (χ1) is 13.0. The number of para-hydroxylation sites is 1. The molecule has 0 radical (unpaired) electrons. The number of ether oxygens (including phenoxy) is 1. The highest BCUT2D eigenvalue weighted by atomic mass is 32.2. The monoisotopic (exact) mass is 378 g/mol. The van der Waals surface area contributed by atoms with E-state index in [1.807, 2.05) is 49.4 Å². The van der Waals surface area contributed by atoms with Crippen molar-refractivity contribution in [2.75, 3.05) is 0 Å². The normalized spacial score (nSPS) is 19.2. The van der Waals surface area contributed by atoms with Crippen molar-refractivity contribution in [2.24, 2.45) is 0 Å². The smallest absolute Gasteiger partial charge is 0.331 e. The van der Waals surface area contributed by atoms with Gasteiger partial charge in [0.2, 0.25) is 0 Å². The van der Waals surface area contributed by atoms with Crippen LogP contribution in [0.25, 0.3) is 0 Å². The van der Waals surface area contributed by atoms with Crippen molar-refractivity contribution in [1.29, 1.82) is 0 Å². The second-order valence-electron chi connectivity index (χ2n) is 6.63. The standard InChI is InChI=1S/C22H18O4S/c1-15-11-13-17(14-12-15)27(24,25)21-20(16-7-3-2-4-8-16)18-9-5-6-10-19(18)26-22(21)23/h2-14,20-21H,1H3. The fourth-order valence-corrected chi connectivity index (χ4v) is 5.26. The number of aryl methyl sites for hydroxylation is 1. The maximum absolute atomic E-state index is 13.4. The number of fused-ring (bicyclic) bond motifs is 1. The predicted molar refractivity (Wildman–Crippen MR) is 103 cm³/mol. The van der Waals surface area contributed by atoms with Crippen LogP contribution in [0.4, 0.5) is 0 Å². The van der Waals surface area contributed by atoms with E-state index in [0.29, 0.717) is 11.3 Å². The number of esters is 1. The molecule has 0 N–H and O–H groups in total. The van der Waals surface area contributed by atoms with Gasteiger partial charge in [0, 0.05) is 11.5 Å². The lowest BCUT2D eigenvalue weighted by molar-refractivity contribution is -0.135. The van der Waals surface area contributed by atoms with Gasteiger partial charge in [0.1, 0.15) is 5.75 Å². The molecule has 136 valence electrons. The van der Waals surface area contributed by atoms with Crippen LogP contribution in [0, 0.1) is 6.92 Å². The molecule has 0 fully saturated rings. The molecule has 3 aromatic rings. The van der Waals surface area contributed by atoms with Crippen molar-refractivity contribution in [1.82, 2.24) is 0 Å². The van der Waals surface area contributed by atoms with Gasteiger partial charge in [-0.15, -0.1) is 0 Å². The van der Waals surface area contributed by atoms with Gasteiger partial charge in [0.15, 0.2) is 15.1 Å². The van der Waals surface area contributed by atoms with Crippen LogP contribution >= 0.6 is 0 Å². The predicted octanol–water partition coefficient (Wildman–Crippen LogP) is 3.89. The molecule has 0 amide bonds. The second kappa shape index (κ2) is 6.67. The summed E-state index contributed by atoms with van der Waals surface area (Å²) in [6, 6.07) is 22.9. The van der Waals surface area contributed by atoms with Gasteiger partial charge < -0.3 is 4.74 Å². The first kappa shape index (κ1) is 17.5. The van der Waals surface area contributed by atoms with Gasteiger partial charge in [-0.1, -0.05) is 66.2 Å². The summed E-state index contributed by atoms with van der Waals surface area (Å²) in [7, 11) is -3.94. The van der Waals surface area contributed by atoms with Crippen LogP contribution in [-0.2, 0) is 14.6 Å². The molecule has 1 aliphatic rings. The fraction of sp³-hybridized carbons (Fsp3) is 0.136. The molecule has 2 unspecified atom stereocenters. The number of hydrogen-bond acceptors (Lipinski definition) is 4. The van der Waals surface area contributed by atoms with Crippen LogP contribution in [-0.4, -0.2) is 19.6 Å². The molecule has 27 heavy (non-hydrogen) atoms. The topological polar surface area (TPSA) is 60.4 Å². The Hall–Kier alpha value is -2.92. The third-order valence-corrected chi connectivity index (χ3v) is 6.90. The van der Waals surface area contributed by atoms with Gasteiger partial charge in [-0.25, -0.2) is 8.42 Å². The third-order valence-electron chi connectivity index (χ3n) is 4.84. The molecule has 3 aromatic carbocycles. The van der Waals surface area contributed by atoms with E-state index in [0.717, 1.165) is 11.1 Å². The molecule has 0 bridgehead atoms. The highest BCUT2D eigenvalue weighted by Gasteiger charge is 2.47. The van der Waals surface area contributed by atoms with E-state index in [1.54, 1.807) is 36.4 Å². The summed E-state index contributed by atoms with van der Waals surface area (Å²) < 4.78 is 32.2. The van der Waals surface area contributed by atoms with E-state index in [9.17, 15) is 13.2 Å². The Kier molecular flexibility index (Phi) is 4.32. The lowest BCUT2D eigenvalue weighted by Gasteiger charge is -2.32. The number of rotatable bonds is 3. The van der Waals surface area contributed by atoms with Crippen molar-refractivity contribution in [2.45, 2.75) is 23.0 Å². The van der Waals surface area contributed by atoms with Crippen LogP contribution in [0.15, 0.2) is 83.8 Å². The third kappa shape index (κ3) is 3.04. The zero-order valence-corrected chi connectivity index (χ0v) is 15.5. The molecule has 0 saturated heterocycles. The van der Waals surface area contributed by atoms with Crippen molar-refractivity contribution in [3.05, 3.63) is 95.6 Å². The van der Waals surface area contributed by atoms with Crippen molar-refractivity contribution in [3.8, 4) is 5.75 Å². The van der Waals surface area contributed by atoms with E-state index in [2.05, 4.69) is 0 Å². The summed E-state index contributed by atoms with van der Waals surface area (Å²) in [5, 5.41) is -1.34. The summed E-state index contributed by atoms with van der Waals surface area (Å²) >= 11 is 0. The van der Waals surface area contributed by atoms with E-state index >= 15 is 0 Å². The van der Waals surface area contributed by atoms with Crippen LogP contribution in [0.5, 0.6) is 5.75 Å². The van der Waals surface area contributed by atoms with Crippen molar-refractivity contribution in [3.63, 3.8) is 0 Å². The summed E-state index contributed by atoms with van der Waals surface area (Å²) in [5.74, 6) is -0.968. The second-order valence-corrected chi connectivity index (χ2v) is 8.70. The number of sulfone groups is 1. The lowest BCUT2D eigenvalue weighted by atomic mass is 9.86. The maximum atomic E-state index is 13.4. The Balaban J connectivity index is 1.92. The molecule has 0 aliphatic carbocycles. The molecule has 5 heteroatoms. The number of carbonyl (C=O) groups is 1. The number of carbonyl (C=O) groups excluding carboxylic acids is 1. The Morgan fingerprint density at radius 1 is 0.815 bits per heavy atom. The minimum Gasteiger partial charge on any atom is -0.425 e. The highest BCUT2D eigenvalue weighted by molar-refractivity contribution is 7.92. The molecular weight excluding hydrogens is 360 g/mol. The summed E-state index contributed by atoms with van der Waals surface area (Å²) in [6.45, 7) is 1.88.